The van der Waals surface area contributed by atoms with Crippen LogP contribution in [0.4, 0.5) is 0 Å². The number of aliphatic imine (C=N–C) groups is 1. The summed E-state index contributed by atoms with van der Waals surface area (Å²) in [5.41, 5.74) is 2.24. The van der Waals surface area contributed by atoms with E-state index in [-0.39, 0.29) is 12.5 Å². The monoisotopic (exact) mass is 428 g/mol. The van der Waals surface area contributed by atoms with Crippen LogP contribution in [-0.4, -0.2) is 63.3 Å². The van der Waals surface area contributed by atoms with Crippen LogP contribution >= 0.6 is 0 Å². The summed E-state index contributed by atoms with van der Waals surface area (Å²) < 4.78 is 10.6. The molecule has 1 atom stereocenters. The van der Waals surface area contributed by atoms with E-state index < -0.39 is 6.10 Å². The second-order valence-corrected chi connectivity index (χ2v) is 7.10. The molecule has 0 bridgehead atoms. The number of hydrogen-bond acceptors (Lipinski definition) is 5. The molecule has 2 aromatic rings. The Hall–Kier alpha value is -3.26. The van der Waals surface area contributed by atoms with Crippen LogP contribution in [-0.2, 0) is 6.54 Å². The molecule has 8 heteroatoms. The van der Waals surface area contributed by atoms with Gasteiger partial charge >= 0.3 is 0 Å². The fourth-order valence-electron chi connectivity index (χ4n) is 2.93. The summed E-state index contributed by atoms with van der Waals surface area (Å²) in [6.07, 6.45) is -0.815. The molecule has 31 heavy (non-hydrogen) atoms. The number of nitrogens with zero attached hydrogens (tertiary/aromatic N) is 2. The summed E-state index contributed by atoms with van der Waals surface area (Å²) in [7, 11) is 6.60. The Bertz CT molecular complexity index is 882. The maximum Gasteiger partial charge on any atom is 0.253 e. The number of aliphatic hydroxyl groups excluding tert-OH is 1. The Balaban J connectivity index is 2.04. The summed E-state index contributed by atoms with van der Waals surface area (Å²) in [6.45, 7) is 3.33. The SMILES string of the molecule is CCNC(=NCc1ccc(C(=O)N(C)C)cc1)NCC(O)c1cc(OC)ccc1OC. The fourth-order valence-corrected chi connectivity index (χ4v) is 2.93. The molecule has 2 aromatic carbocycles. The van der Waals surface area contributed by atoms with Crippen LogP contribution in [0, 0.1) is 0 Å². The fraction of sp³-hybridized carbons (Fsp3) is 0.391. The third kappa shape index (κ3) is 6.89. The molecule has 0 radical (unpaired) electrons. The van der Waals surface area contributed by atoms with Gasteiger partial charge in [0, 0.05) is 38.3 Å². The quantitative estimate of drug-likeness (QED) is 0.419. The largest absolute Gasteiger partial charge is 0.497 e. The van der Waals surface area contributed by atoms with Crippen LogP contribution in [0.15, 0.2) is 47.5 Å². The normalized spacial score (nSPS) is 12.1. The minimum Gasteiger partial charge on any atom is -0.497 e. The molecule has 3 N–H and O–H groups in total. The summed E-state index contributed by atoms with van der Waals surface area (Å²) in [5, 5.41) is 17.0. The van der Waals surface area contributed by atoms with Crippen LogP contribution in [0.1, 0.15) is 34.5 Å². The molecule has 0 aliphatic carbocycles. The summed E-state index contributed by atoms with van der Waals surface area (Å²) in [5.74, 6) is 1.78. The van der Waals surface area contributed by atoms with E-state index in [2.05, 4.69) is 15.6 Å². The lowest BCUT2D eigenvalue weighted by Crippen LogP contribution is -2.39. The van der Waals surface area contributed by atoms with Crippen LogP contribution < -0.4 is 20.1 Å². The average molecular weight is 429 g/mol. The third-order valence-corrected chi connectivity index (χ3v) is 4.63. The maximum absolute atomic E-state index is 12.0. The van der Waals surface area contributed by atoms with Crippen molar-refractivity contribution in [2.75, 3.05) is 41.4 Å². The van der Waals surface area contributed by atoms with Crippen molar-refractivity contribution in [1.29, 1.82) is 0 Å². The molecule has 0 fully saturated rings. The number of methoxy groups -OCH3 is 2. The first-order chi connectivity index (χ1) is 14.9. The van der Waals surface area contributed by atoms with E-state index in [1.165, 1.54) is 0 Å². The molecule has 168 valence electrons. The molecule has 0 heterocycles. The van der Waals surface area contributed by atoms with Gasteiger partial charge in [-0.15, -0.1) is 0 Å². The molecule has 8 nitrogen and oxygen atoms in total. The number of nitrogens with one attached hydrogen (secondary N) is 2. The van der Waals surface area contributed by atoms with Gasteiger partial charge in [0.2, 0.25) is 0 Å². The number of amides is 1. The van der Waals surface area contributed by atoms with Gasteiger partial charge < -0.3 is 30.1 Å². The molecule has 1 amide bonds. The maximum atomic E-state index is 12.0. The first kappa shape index (κ1) is 24.0. The van der Waals surface area contributed by atoms with Crippen molar-refractivity contribution in [1.82, 2.24) is 15.5 Å². The third-order valence-electron chi connectivity index (χ3n) is 4.63. The number of carbonyl (C=O) groups excluding carboxylic acids is 1. The zero-order valence-corrected chi connectivity index (χ0v) is 18.8. The predicted molar refractivity (Wildman–Crippen MR) is 122 cm³/mol. The van der Waals surface area contributed by atoms with Gasteiger partial charge in [0.05, 0.1) is 26.9 Å². The second kappa shape index (κ2) is 11.8. The highest BCUT2D eigenvalue weighted by Crippen LogP contribution is 2.29. The molecule has 0 spiro atoms. The topological polar surface area (TPSA) is 95.4 Å². The van der Waals surface area contributed by atoms with Gasteiger partial charge in [0.25, 0.3) is 5.91 Å². The number of hydrogen-bond donors (Lipinski definition) is 3. The molecular weight excluding hydrogens is 396 g/mol. The van der Waals surface area contributed by atoms with Crippen LogP contribution in [0.2, 0.25) is 0 Å². The highest BCUT2D eigenvalue weighted by molar-refractivity contribution is 5.93. The lowest BCUT2D eigenvalue weighted by atomic mass is 10.1. The Morgan fingerprint density at radius 3 is 2.39 bits per heavy atom. The number of benzene rings is 2. The number of carbonyl (C=O) groups is 1. The predicted octanol–water partition coefficient (Wildman–Crippen LogP) is 2.19. The average Bonchev–Trinajstić information content (AvgIpc) is 2.79. The van der Waals surface area contributed by atoms with E-state index in [1.54, 1.807) is 63.5 Å². The first-order valence-corrected chi connectivity index (χ1v) is 10.1. The lowest BCUT2D eigenvalue weighted by Gasteiger charge is -2.18. The van der Waals surface area contributed by atoms with Crippen molar-refractivity contribution in [3.63, 3.8) is 0 Å². The number of aliphatic hydroxyl groups is 1. The Morgan fingerprint density at radius 1 is 1.10 bits per heavy atom. The van der Waals surface area contributed by atoms with E-state index in [0.29, 0.717) is 41.7 Å². The molecule has 2 rings (SSSR count). The smallest absolute Gasteiger partial charge is 0.253 e. The standard InChI is InChI=1S/C23H32N4O4/c1-6-24-23(25-14-16-7-9-17(10-8-16)22(29)27(2)3)26-15-20(28)19-13-18(30-4)11-12-21(19)31-5/h7-13,20,28H,6,14-15H2,1-5H3,(H2,24,25,26). The molecule has 0 aliphatic heterocycles. The second-order valence-electron chi connectivity index (χ2n) is 7.10. The number of ether oxygens (including phenoxy) is 2. The van der Waals surface area contributed by atoms with Crippen LogP contribution in [0.3, 0.4) is 0 Å². The van der Waals surface area contributed by atoms with Crippen molar-refractivity contribution >= 4 is 11.9 Å². The van der Waals surface area contributed by atoms with Gasteiger partial charge in [-0.2, -0.15) is 0 Å². The number of guanidine groups is 1. The lowest BCUT2D eigenvalue weighted by molar-refractivity contribution is 0.0827. The first-order valence-electron chi connectivity index (χ1n) is 10.1. The minimum absolute atomic E-state index is 0.0352. The van der Waals surface area contributed by atoms with Gasteiger partial charge in [0.15, 0.2) is 5.96 Å². The van der Waals surface area contributed by atoms with Crippen molar-refractivity contribution in [3.8, 4) is 11.5 Å². The summed E-state index contributed by atoms with van der Waals surface area (Å²) in [4.78, 5) is 18.1. The van der Waals surface area contributed by atoms with Gasteiger partial charge in [-0.3, -0.25) is 4.79 Å². The Morgan fingerprint density at radius 2 is 1.81 bits per heavy atom. The molecular formula is C23H32N4O4. The van der Waals surface area contributed by atoms with Gasteiger partial charge in [-0.1, -0.05) is 12.1 Å². The van der Waals surface area contributed by atoms with Crippen molar-refractivity contribution in [3.05, 3.63) is 59.2 Å². The molecule has 0 aromatic heterocycles. The highest BCUT2D eigenvalue weighted by atomic mass is 16.5. The molecule has 0 saturated carbocycles. The molecule has 0 aliphatic rings. The highest BCUT2D eigenvalue weighted by Gasteiger charge is 2.15. The van der Waals surface area contributed by atoms with E-state index >= 15 is 0 Å². The van der Waals surface area contributed by atoms with E-state index in [0.717, 1.165) is 5.56 Å². The van der Waals surface area contributed by atoms with Crippen molar-refractivity contribution < 1.29 is 19.4 Å². The van der Waals surface area contributed by atoms with E-state index in [9.17, 15) is 9.90 Å². The van der Waals surface area contributed by atoms with Gasteiger partial charge in [-0.05, 0) is 42.8 Å². The van der Waals surface area contributed by atoms with Crippen LogP contribution in [0.25, 0.3) is 0 Å². The zero-order chi connectivity index (χ0) is 22.8. The van der Waals surface area contributed by atoms with Gasteiger partial charge in [0.1, 0.15) is 11.5 Å². The number of rotatable bonds is 9. The van der Waals surface area contributed by atoms with E-state index in [1.807, 2.05) is 19.1 Å². The molecule has 1 unspecified atom stereocenters. The minimum atomic E-state index is -0.815. The van der Waals surface area contributed by atoms with Crippen molar-refractivity contribution in [2.45, 2.75) is 19.6 Å². The van der Waals surface area contributed by atoms with Crippen LogP contribution in [0.5, 0.6) is 11.5 Å². The molecule has 0 saturated heterocycles. The van der Waals surface area contributed by atoms with Crippen molar-refractivity contribution in [2.24, 2.45) is 4.99 Å². The summed E-state index contributed by atoms with van der Waals surface area (Å²) in [6, 6.07) is 12.7. The summed E-state index contributed by atoms with van der Waals surface area (Å²) >= 11 is 0. The zero-order valence-electron chi connectivity index (χ0n) is 18.8. The Kier molecular flexibility index (Phi) is 9.14. The Labute approximate surface area is 183 Å². The van der Waals surface area contributed by atoms with Gasteiger partial charge in [-0.25, -0.2) is 4.99 Å². The van der Waals surface area contributed by atoms with E-state index in [4.69, 9.17) is 9.47 Å².